The zero-order valence-electron chi connectivity index (χ0n) is 7.69. The lowest BCUT2D eigenvalue weighted by Gasteiger charge is -2.36. The van der Waals surface area contributed by atoms with Gasteiger partial charge in [-0.25, -0.2) is 4.00 Å². The molecule has 0 saturated heterocycles. The molecule has 0 aliphatic heterocycles. The summed E-state index contributed by atoms with van der Waals surface area (Å²) in [6.45, 7) is 11.8. The molecule has 0 bridgehead atoms. The molecule has 0 fully saturated rings. The van der Waals surface area contributed by atoms with Gasteiger partial charge in [0.05, 0.1) is 18.6 Å². The van der Waals surface area contributed by atoms with E-state index in [4.69, 9.17) is 11.8 Å². The molecule has 62 valence electrons. The third kappa shape index (κ3) is 1.86. The first-order valence-electron chi connectivity index (χ1n) is 4.02. The van der Waals surface area contributed by atoms with Crippen molar-refractivity contribution < 1.29 is 4.00 Å². The molecular weight excluding hydrogens is 146 g/mol. The number of nitrogens with zero attached hydrogens (tertiary/aromatic N) is 1. The Kier molecular flexibility index (Phi) is 3.68. The highest BCUT2D eigenvalue weighted by Gasteiger charge is 2.31. The first-order chi connectivity index (χ1) is 4.45. The molecule has 0 radical (unpaired) electrons. The minimum absolute atomic E-state index is 0.506. The first kappa shape index (κ1) is 10.2. The van der Waals surface area contributed by atoms with E-state index in [1.165, 1.54) is 0 Å². The maximum atomic E-state index is 6.33. The maximum absolute atomic E-state index is 6.33. The zero-order chi connectivity index (χ0) is 8.36. The minimum Gasteiger partial charge on any atom is -0.218 e. The van der Waals surface area contributed by atoms with Crippen LogP contribution in [0.1, 0.15) is 34.6 Å². The van der Waals surface area contributed by atoms with Crippen LogP contribution in [0.2, 0.25) is 0 Å². The fourth-order valence-electron chi connectivity index (χ4n) is 1.33. The zero-order valence-corrected chi connectivity index (χ0v) is 8.44. The monoisotopic (exact) mass is 164 g/mol. The average Bonchev–Trinajstić information content (AvgIpc) is 1.85. The van der Waals surface area contributed by atoms with Gasteiger partial charge in [0.15, 0.2) is 11.8 Å². The summed E-state index contributed by atoms with van der Waals surface area (Å²) in [4.78, 5) is 0. The lowest BCUT2D eigenvalue weighted by atomic mass is 10.2. The summed E-state index contributed by atoms with van der Waals surface area (Å²) >= 11 is 6.33. The Labute approximate surface area is 69.7 Å². The average molecular weight is 165 g/mol. The lowest BCUT2D eigenvalue weighted by molar-refractivity contribution is -0.857. The predicted molar refractivity (Wildman–Crippen MR) is 46.9 cm³/mol. The second-order valence-corrected chi connectivity index (χ2v) is 3.96. The normalized spacial score (nSPS) is 13.2. The van der Waals surface area contributed by atoms with Crippen molar-refractivity contribution in [3.05, 3.63) is 0 Å². The van der Waals surface area contributed by atoms with Crippen molar-refractivity contribution in [2.75, 3.05) is 6.54 Å². The fourth-order valence-corrected chi connectivity index (χ4v) is 1.33. The van der Waals surface area contributed by atoms with Crippen LogP contribution in [0.3, 0.4) is 0 Å². The third-order valence-electron chi connectivity index (χ3n) is 2.20. The topological polar surface area (TPSA) is 0 Å². The van der Waals surface area contributed by atoms with E-state index < -0.39 is 0 Å². The van der Waals surface area contributed by atoms with Gasteiger partial charge in [-0.15, -0.1) is 0 Å². The van der Waals surface area contributed by atoms with Gasteiger partial charge in [0.25, 0.3) is 0 Å². The molecule has 0 aromatic heterocycles. The molecule has 0 N–H and O–H groups in total. The Bertz CT molecular complexity index is 91.4. The molecule has 0 atom stereocenters. The van der Waals surface area contributed by atoms with Crippen molar-refractivity contribution in [2.24, 2.45) is 0 Å². The summed E-state index contributed by atoms with van der Waals surface area (Å²) < 4.78 is 0.653. The Morgan fingerprint density at radius 2 is 1.40 bits per heavy atom. The molecule has 0 aliphatic carbocycles. The van der Waals surface area contributed by atoms with E-state index in [-0.39, 0.29) is 0 Å². The second-order valence-electron chi connectivity index (χ2n) is 3.33. The molecule has 0 heterocycles. The van der Waals surface area contributed by atoms with Crippen molar-refractivity contribution in [3.8, 4) is 0 Å². The van der Waals surface area contributed by atoms with Gasteiger partial charge in [-0.05, 0) is 34.6 Å². The molecule has 1 nitrogen and oxygen atoms in total. The van der Waals surface area contributed by atoms with Gasteiger partial charge >= 0.3 is 0 Å². The van der Waals surface area contributed by atoms with E-state index in [0.717, 1.165) is 6.54 Å². The second kappa shape index (κ2) is 3.59. The summed E-state index contributed by atoms with van der Waals surface area (Å²) in [6.07, 6.45) is 0. The molecule has 0 rings (SSSR count). The third-order valence-corrected chi connectivity index (χ3v) is 3.22. The maximum Gasteiger partial charge on any atom is 0.165 e. The number of hydrogen-bond donors (Lipinski definition) is 0. The van der Waals surface area contributed by atoms with E-state index in [1.807, 2.05) is 0 Å². The quantitative estimate of drug-likeness (QED) is 0.563. The van der Waals surface area contributed by atoms with Crippen LogP contribution < -0.4 is 0 Å². The molecule has 0 saturated carbocycles. The van der Waals surface area contributed by atoms with Crippen molar-refractivity contribution in [2.45, 2.75) is 46.7 Å². The van der Waals surface area contributed by atoms with Crippen LogP contribution in [0, 0.1) is 0 Å². The molecule has 0 unspecified atom stereocenters. The summed E-state index contributed by atoms with van der Waals surface area (Å²) in [5.41, 5.74) is 0. The number of rotatable bonds is 3. The van der Waals surface area contributed by atoms with Gasteiger partial charge in [0.1, 0.15) is 0 Å². The van der Waals surface area contributed by atoms with Gasteiger partial charge < -0.3 is 0 Å². The van der Waals surface area contributed by atoms with Crippen molar-refractivity contribution >= 4 is 11.8 Å². The van der Waals surface area contributed by atoms with Crippen LogP contribution in [0.5, 0.6) is 0 Å². The van der Waals surface area contributed by atoms with Crippen LogP contribution in [0.4, 0.5) is 0 Å². The van der Waals surface area contributed by atoms with E-state index in [2.05, 4.69) is 34.6 Å². The molecule has 0 aromatic rings. The molecule has 0 amide bonds. The number of hydrogen-bond acceptors (Lipinski definition) is 0. The van der Waals surface area contributed by atoms with Crippen LogP contribution in [0.25, 0.3) is 0 Å². The van der Waals surface area contributed by atoms with Gasteiger partial charge in [-0.2, -0.15) is 0 Å². The van der Waals surface area contributed by atoms with Gasteiger partial charge in [-0.1, -0.05) is 0 Å². The minimum atomic E-state index is 0.506. The van der Waals surface area contributed by atoms with Crippen LogP contribution in [-0.2, 0) is 0 Å². The first-order valence-corrected chi connectivity index (χ1v) is 4.36. The van der Waals surface area contributed by atoms with Crippen molar-refractivity contribution in [1.82, 2.24) is 0 Å². The van der Waals surface area contributed by atoms with E-state index in [1.54, 1.807) is 0 Å². The van der Waals surface area contributed by atoms with E-state index in [0.29, 0.717) is 16.1 Å². The molecule has 0 aliphatic rings. The van der Waals surface area contributed by atoms with Gasteiger partial charge in [-0.3, -0.25) is 0 Å². The largest absolute Gasteiger partial charge is 0.218 e. The van der Waals surface area contributed by atoms with E-state index in [9.17, 15) is 0 Å². The van der Waals surface area contributed by atoms with Crippen LogP contribution in [0.15, 0.2) is 0 Å². The Balaban J connectivity index is 4.23. The highest BCUT2D eigenvalue weighted by Crippen LogP contribution is 2.22. The smallest absolute Gasteiger partial charge is 0.165 e. The summed E-state index contributed by atoms with van der Waals surface area (Å²) in [7, 11) is 0. The summed E-state index contributed by atoms with van der Waals surface area (Å²) in [5, 5.41) is 0. The molecule has 0 spiro atoms. The highest BCUT2D eigenvalue weighted by atomic mass is 35.5. The van der Waals surface area contributed by atoms with Crippen LogP contribution >= 0.6 is 11.8 Å². The Morgan fingerprint density at radius 3 is 1.40 bits per heavy atom. The van der Waals surface area contributed by atoms with Crippen LogP contribution in [-0.4, -0.2) is 22.6 Å². The highest BCUT2D eigenvalue weighted by molar-refractivity contribution is 6.06. The Hall–Kier alpha value is 0.250. The molecular formula is C8H19ClN+. The predicted octanol–water partition coefficient (Wildman–Crippen LogP) is 2.79. The fraction of sp³-hybridized carbons (Fsp3) is 1.00. The number of halogens is 1. The van der Waals surface area contributed by atoms with Crippen molar-refractivity contribution in [1.29, 1.82) is 0 Å². The van der Waals surface area contributed by atoms with Gasteiger partial charge in [0, 0.05) is 0 Å². The molecule has 2 heteroatoms. The standard InChI is InChI=1S/C8H19ClN/c1-6-10(9,7(2)3)8(4)5/h7-8H,6H2,1-5H3/q+1. The summed E-state index contributed by atoms with van der Waals surface area (Å²) in [6, 6.07) is 1.01. The van der Waals surface area contributed by atoms with Gasteiger partial charge in [0.2, 0.25) is 0 Å². The number of quaternary nitrogens is 1. The lowest BCUT2D eigenvalue weighted by Crippen LogP contribution is -2.49. The molecule has 0 aromatic carbocycles. The summed E-state index contributed by atoms with van der Waals surface area (Å²) in [5.74, 6) is 0. The Morgan fingerprint density at radius 1 is 1.10 bits per heavy atom. The van der Waals surface area contributed by atoms with E-state index >= 15 is 0 Å². The van der Waals surface area contributed by atoms with Crippen molar-refractivity contribution in [3.63, 3.8) is 0 Å². The SMILES string of the molecule is CC[N+](Cl)(C(C)C)C(C)C. The molecule has 10 heavy (non-hydrogen) atoms.